The van der Waals surface area contributed by atoms with Crippen LogP contribution >= 0.6 is 11.6 Å². The number of halogens is 5. The van der Waals surface area contributed by atoms with Crippen LogP contribution in [-0.2, 0) is 14.3 Å². The molecule has 2 N–H and O–H groups in total. The molecule has 0 saturated heterocycles. The van der Waals surface area contributed by atoms with Gasteiger partial charge in [0.1, 0.15) is 11.4 Å². The molecule has 2 amide bonds. The van der Waals surface area contributed by atoms with Crippen molar-refractivity contribution in [1.82, 2.24) is 10.6 Å². The number of amides is 2. The van der Waals surface area contributed by atoms with E-state index in [1.165, 1.54) is 44.4 Å². The number of nitrogens with one attached hydrogen (secondary N) is 2. The third-order valence-corrected chi connectivity index (χ3v) is 5.54. The summed E-state index contributed by atoms with van der Waals surface area (Å²) < 4.78 is 57.2. The number of alkyl halides is 3. The van der Waals surface area contributed by atoms with Gasteiger partial charge in [-0.15, -0.1) is 0 Å². The highest BCUT2D eigenvalue weighted by Gasteiger charge is 2.55. The maximum absolute atomic E-state index is 14.9. The topological polar surface area (TPSA) is 84.5 Å². The lowest BCUT2D eigenvalue weighted by molar-refractivity contribution is -0.175. The van der Waals surface area contributed by atoms with Crippen LogP contribution in [0.5, 0.6) is 0 Å². The zero-order valence-electron chi connectivity index (χ0n) is 17.5. The molecule has 1 fully saturated rings. The fourth-order valence-corrected chi connectivity index (χ4v) is 3.50. The van der Waals surface area contributed by atoms with Gasteiger partial charge in [0.25, 0.3) is 0 Å². The van der Waals surface area contributed by atoms with Crippen molar-refractivity contribution < 1.29 is 36.7 Å². The van der Waals surface area contributed by atoms with Crippen molar-refractivity contribution in [3.8, 4) is 11.1 Å². The Morgan fingerprint density at radius 2 is 1.79 bits per heavy atom. The lowest BCUT2D eigenvalue weighted by Crippen LogP contribution is -2.53. The molecule has 33 heavy (non-hydrogen) atoms. The Balaban J connectivity index is 1.79. The van der Waals surface area contributed by atoms with E-state index < -0.39 is 41.4 Å². The minimum Gasteiger partial charge on any atom is -0.465 e. The number of hydrogen-bond acceptors (Lipinski definition) is 4. The van der Waals surface area contributed by atoms with Crippen LogP contribution in [0.1, 0.15) is 41.7 Å². The summed E-state index contributed by atoms with van der Waals surface area (Å²) in [4.78, 5) is 35.7. The average Bonchev–Trinajstić information content (AvgIpc) is 3.53. The van der Waals surface area contributed by atoms with Gasteiger partial charge in [0, 0.05) is 10.6 Å². The number of carbonyl (C=O) groups excluding carboxylic acids is 3. The average molecular weight is 487 g/mol. The molecule has 6 nitrogen and oxygen atoms in total. The third kappa shape index (κ3) is 5.27. The molecule has 1 aliphatic rings. The predicted octanol–water partition coefficient (Wildman–Crippen LogP) is 4.32. The van der Waals surface area contributed by atoms with Crippen LogP contribution in [0, 0.1) is 5.82 Å². The van der Waals surface area contributed by atoms with E-state index in [0.717, 1.165) is 6.07 Å². The SMILES string of the molecule is COC(=O)c1cc(Cl)ccc1-c1ccc([C@@H](C)NC(=O)C2(NC(=O)C(F)(F)F)CC2)c(F)c1. The summed E-state index contributed by atoms with van der Waals surface area (Å²) >= 11 is 5.94. The van der Waals surface area contributed by atoms with Crippen molar-refractivity contribution >= 4 is 29.4 Å². The molecule has 0 radical (unpaired) electrons. The quantitative estimate of drug-likeness (QED) is 0.470. The van der Waals surface area contributed by atoms with E-state index in [2.05, 4.69) is 5.32 Å². The molecule has 0 unspecified atom stereocenters. The van der Waals surface area contributed by atoms with Gasteiger partial charge in [-0.25, -0.2) is 9.18 Å². The van der Waals surface area contributed by atoms with Crippen LogP contribution in [0.4, 0.5) is 17.6 Å². The van der Waals surface area contributed by atoms with Crippen molar-refractivity contribution in [3.63, 3.8) is 0 Å². The molecule has 0 aliphatic heterocycles. The van der Waals surface area contributed by atoms with Crippen molar-refractivity contribution in [3.05, 3.63) is 58.4 Å². The highest BCUT2D eigenvalue weighted by molar-refractivity contribution is 6.31. The first-order chi connectivity index (χ1) is 15.4. The number of esters is 1. The Hall–Kier alpha value is -3.14. The molecule has 2 aromatic carbocycles. The summed E-state index contributed by atoms with van der Waals surface area (Å²) in [6.07, 6.45) is -5.03. The maximum atomic E-state index is 14.9. The van der Waals surface area contributed by atoms with Gasteiger partial charge >= 0.3 is 18.1 Å². The second-order valence-electron chi connectivity index (χ2n) is 7.65. The molecule has 0 spiro atoms. The zero-order valence-corrected chi connectivity index (χ0v) is 18.2. The van der Waals surface area contributed by atoms with Gasteiger partial charge in [-0.05, 0) is 49.1 Å². The minimum absolute atomic E-state index is 0.0433. The number of benzene rings is 2. The van der Waals surface area contributed by atoms with Crippen molar-refractivity contribution in [2.24, 2.45) is 0 Å². The standard InChI is InChI=1S/C22H19ClF4N2O4/c1-11(28-19(31)21(7-8-21)29-20(32)22(25,26)27)14-5-3-12(9-17(14)24)15-6-4-13(23)10-16(15)18(30)33-2/h3-6,9-11H,7-8H2,1-2H3,(H,28,31)(H,29,32)/t11-/m1/s1. The minimum atomic E-state index is -5.12. The molecule has 0 heterocycles. The Kier molecular flexibility index (Phi) is 6.69. The Labute approximate surface area is 191 Å². The number of carbonyl (C=O) groups is 3. The Morgan fingerprint density at radius 1 is 1.12 bits per heavy atom. The molecule has 0 bridgehead atoms. The molecule has 11 heteroatoms. The van der Waals surface area contributed by atoms with E-state index in [4.69, 9.17) is 16.3 Å². The molecule has 3 rings (SSSR count). The van der Waals surface area contributed by atoms with E-state index in [0.29, 0.717) is 16.1 Å². The molecule has 1 saturated carbocycles. The summed E-state index contributed by atoms with van der Waals surface area (Å²) in [6.45, 7) is 1.46. The molecule has 176 valence electrons. The molecule has 1 aliphatic carbocycles. The van der Waals surface area contributed by atoms with Crippen LogP contribution < -0.4 is 10.6 Å². The van der Waals surface area contributed by atoms with E-state index >= 15 is 0 Å². The van der Waals surface area contributed by atoms with E-state index in [1.807, 2.05) is 0 Å². The summed E-state index contributed by atoms with van der Waals surface area (Å²) in [5, 5.41) is 4.45. The summed E-state index contributed by atoms with van der Waals surface area (Å²) in [6, 6.07) is 7.62. The van der Waals surface area contributed by atoms with Gasteiger partial charge in [-0.2, -0.15) is 13.2 Å². The molecule has 1 atom stereocenters. The highest BCUT2D eigenvalue weighted by Crippen LogP contribution is 2.37. The maximum Gasteiger partial charge on any atom is 0.471 e. The van der Waals surface area contributed by atoms with Crippen LogP contribution in [0.2, 0.25) is 5.02 Å². The lowest BCUT2D eigenvalue weighted by atomic mass is 9.96. The number of hydrogen-bond donors (Lipinski definition) is 2. The van der Waals surface area contributed by atoms with Crippen LogP contribution in [0.15, 0.2) is 36.4 Å². The first kappa shape index (κ1) is 24.5. The molecule has 0 aromatic heterocycles. The largest absolute Gasteiger partial charge is 0.471 e. The van der Waals surface area contributed by atoms with Gasteiger partial charge in [0.2, 0.25) is 5.91 Å². The Bertz CT molecular complexity index is 1120. The van der Waals surface area contributed by atoms with Crippen LogP contribution in [-0.4, -0.2) is 36.6 Å². The summed E-state index contributed by atoms with van der Waals surface area (Å²) in [5.41, 5.74) is -0.730. The fourth-order valence-electron chi connectivity index (χ4n) is 3.33. The van der Waals surface area contributed by atoms with Crippen molar-refractivity contribution in [2.75, 3.05) is 7.11 Å². The predicted molar refractivity (Wildman–Crippen MR) is 111 cm³/mol. The van der Waals surface area contributed by atoms with Gasteiger partial charge in [0.05, 0.1) is 18.7 Å². The number of ether oxygens (including phenoxy) is 1. The second kappa shape index (κ2) is 9.01. The zero-order chi connectivity index (χ0) is 24.6. The van der Waals surface area contributed by atoms with E-state index in [1.54, 1.807) is 5.32 Å². The second-order valence-corrected chi connectivity index (χ2v) is 8.08. The van der Waals surface area contributed by atoms with Gasteiger partial charge in [-0.1, -0.05) is 29.8 Å². The van der Waals surface area contributed by atoms with E-state index in [-0.39, 0.29) is 24.0 Å². The lowest BCUT2D eigenvalue weighted by Gasteiger charge is -2.22. The van der Waals surface area contributed by atoms with Crippen LogP contribution in [0.3, 0.4) is 0 Å². The summed E-state index contributed by atoms with van der Waals surface area (Å²) in [5.74, 6) is -4.41. The highest BCUT2D eigenvalue weighted by atomic mass is 35.5. The van der Waals surface area contributed by atoms with E-state index in [9.17, 15) is 31.9 Å². The molecular formula is C22H19ClF4N2O4. The monoisotopic (exact) mass is 486 g/mol. The van der Waals surface area contributed by atoms with Crippen molar-refractivity contribution in [2.45, 2.75) is 37.5 Å². The molecule has 2 aromatic rings. The van der Waals surface area contributed by atoms with Gasteiger partial charge < -0.3 is 15.4 Å². The van der Waals surface area contributed by atoms with Gasteiger partial charge in [-0.3, -0.25) is 9.59 Å². The van der Waals surface area contributed by atoms with Crippen molar-refractivity contribution in [1.29, 1.82) is 0 Å². The smallest absolute Gasteiger partial charge is 0.465 e. The first-order valence-corrected chi connectivity index (χ1v) is 10.1. The fraction of sp³-hybridized carbons (Fsp3) is 0.318. The molecular weight excluding hydrogens is 468 g/mol. The van der Waals surface area contributed by atoms with Crippen LogP contribution in [0.25, 0.3) is 11.1 Å². The Morgan fingerprint density at radius 3 is 2.33 bits per heavy atom. The number of rotatable bonds is 6. The number of methoxy groups -OCH3 is 1. The third-order valence-electron chi connectivity index (χ3n) is 5.31. The first-order valence-electron chi connectivity index (χ1n) is 9.76. The summed E-state index contributed by atoms with van der Waals surface area (Å²) in [7, 11) is 1.20. The normalized spacial score (nSPS) is 15.4. The van der Waals surface area contributed by atoms with Gasteiger partial charge in [0.15, 0.2) is 0 Å².